The lowest BCUT2D eigenvalue weighted by Gasteiger charge is -2.04. The van der Waals surface area contributed by atoms with Crippen LogP contribution in [0.5, 0.6) is 0 Å². The van der Waals surface area contributed by atoms with Crippen molar-refractivity contribution in [3.05, 3.63) is 30.3 Å². The number of carbonyl (C=O) groups is 1. The maximum atomic E-state index is 11.8. The molecular formula is C21H31NO5S. The van der Waals surface area contributed by atoms with E-state index in [1.54, 1.807) is 18.2 Å². The molecule has 0 bridgehead atoms. The highest BCUT2D eigenvalue weighted by atomic mass is 32.2. The Kier molecular flexibility index (Phi) is 12.8. The van der Waals surface area contributed by atoms with E-state index in [1.807, 2.05) is 0 Å². The molecule has 1 rings (SSSR count). The van der Waals surface area contributed by atoms with Crippen molar-refractivity contribution in [3.63, 3.8) is 0 Å². The topological polar surface area (TPSA) is 81.7 Å². The van der Waals surface area contributed by atoms with E-state index in [-0.39, 0.29) is 10.8 Å². The summed E-state index contributed by atoms with van der Waals surface area (Å²) in [5.41, 5.74) is 0. The minimum atomic E-state index is -3.96. The molecule has 1 N–H and O–H groups in total. The van der Waals surface area contributed by atoms with Crippen LogP contribution in [0.4, 0.5) is 0 Å². The van der Waals surface area contributed by atoms with Gasteiger partial charge in [-0.25, -0.2) is 0 Å². The van der Waals surface area contributed by atoms with Gasteiger partial charge >= 0.3 is 10.1 Å². The summed E-state index contributed by atoms with van der Waals surface area (Å²) in [6.45, 7) is 2.81. The van der Waals surface area contributed by atoms with Crippen LogP contribution in [0.3, 0.4) is 0 Å². The van der Waals surface area contributed by atoms with Crippen LogP contribution in [0.25, 0.3) is 0 Å². The van der Waals surface area contributed by atoms with Crippen molar-refractivity contribution in [1.29, 1.82) is 0 Å². The van der Waals surface area contributed by atoms with Crippen molar-refractivity contribution in [2.45, 2.75) is 76.0 Å². The molecule has 1 amide bonds. The summed E-state index contributed by atoms with van der Waals surface area (Å²) in [6.07, 6.45) is 12.0. The number of nitrogens with one attached hydrogen (secondary N) is 1. The zero-order valence-corrected chi connectivity index (χ0v) is 17.4. The summed E-state index contributed by atoms with van der Waals surface area (Å²) < 4.78 is 27.9. The molecule has 0 aliphatic rings. The number of unbranched alkanes of at least 4 members (excludes halogenated alkanes) is 7. The normalized spacial score (nSPS) is 10.8. The van der Waals surface area contributed by atoms with Gasteiger partial charge in [-0.05, 0) is 35.7 Å². The van der Waals surface area contributed by atoms with Gasteiger partial charge in [0.05, 0.1) is 4.90 Å². The molecule has 0 unspecified atom stereocenters. The lowest BCUT2D eigenvalue weighted by molar-refractivity contribution is -0.127. The van der Waals surface area contributed by atoms with Crippen LogP contribution in [0.15, 0.2) is 35.2 Å². The first-order chi connectivity index (χ1) is 13.6. The maximum absolute atomic E-state index is 11.8. The molecule has 0 saturated carbocycles. The second-order valence-electron chi connectivity index (χ2n) is 6.52. The third-order valence-electron chi connectivity index (χ3n) is 4.08. The Labute approximate surface area is 169 Å². The Hall–Kier alpha value is -2.04. The molecule has 0 aliphatic heterocycles. The van der Waals surface area contributed by atoms with E-state index in [2.05, 4.69) is 33.5 Å². The number of hydrogen-bond acceptors (Lipinski definition) is 5. The molecule has 0 fully saturated rings. The zero-order chi connectivity index (χ0) is 20.5. The lowest BCUT2D eigenvalue weighted by atomic mass is 10.1. The first kappa shape index (κ1) is 24.0. The highest BCUT2D eigenvalue weighted by Gasteiger charge is 2.15. The highest BCUT2D eigenvalue weighted by Crippen LogP contribution is 2.11. The van der Waals surface area contributed by atoms with Crippen molar-refractivity contribution in [2.75, 3.05) is 6.54 Å². The fourth-order valence-electron chi connectivity index (χ4n) is 2.49. The van der Waals surface area contributed by atoms with Crippen LogP contribution in [0.2, 0.25) is 0 Å². The first-order valence-corrected chi connectivity index (χ1v) is 11.4. The second-order valence-corrected chi connectivity index (χ2v) is 8.04. The monoisotopic (exact) mass is 409 g/mol. The third-order valence-corrected chi connectivity index (χ3v) is 5.17. The Morgan fingerprint density at radius 3 is 2.46 bits per heavy atom. The SMILES string of the molecule is CCCCCCCCC(=O)NCCCCC#COOS(=O)(=O)c1ccccc1. The Bertz CT molecular complexity index is 707. The van der Waals surface area contributed by atoms with E-state index < -0.39 is 10.1 Å². The van der Waals surface area contributed by atoms with Crippen LogP contribution < -0.4 is 5.32 Å². The van der Waals surface area contributed by atoms with Crippen LogP contribution in [-0.2, 0) is 24.1 Å². The fourth-order valence-corrected chi connectivity index (χ4v) is 3.18. The maximum Gasteiger partial charge on any atom is 0.333 e. The highest BCUT2D eigenvalue weighted by molar-refractivity contribution is 7.86. The predicted molar refractivity (Wildman–Crippen MR) is 108 cm³/mol. The van der Waals surface area contributed by atoms with Crippen molar-refractivity contribution in [3.8, 4) is 12.0 Å². The molecule has 156 valence electrons. The fraction of sp³-hybridized carbons (Fsp3) is 0.571. The summed E-state index contributed by atoms with van der Waals surface area (Å²) in [4.78, 5) is 16.2. The van der Waals surface area contributed by atoms with Gasteiger partial charge in [0, 0.05) is 19.4 Å². The number of amides is 1. The van der Waals surface area contributed by atoms with E-state index in [0.29, 0.717) is 19.4 Å². The Balaban J connectivity index is 2.01. The van der Waals surface area contributed by atoms with Crippen LogP contribution in [0.1, 0.15) is 71.1 Å². The molecule has 6 nitrogen and oxygen atoms in total. The molecule has 1 aromatic carbocycles. The minimum absolute atomic E-state index is 0.00787. The van der Waals surface area contributed by atoms with E-state index >= 15 is 0 Å². The molecule has 0 aromatic heterocycles. The van der Waals surface area contributed by atoms with E-state index in [0.717, 1.165) is 25.7 Å². The van der Waals surface area contributed by atoms with E-state index in [9.17, 15) is 13.2 Å². The van der Waals surface area contributed by atoms with Crippen LogP contribution in [-0.4, -0.2) is 20.9 Å². The second kappa shape index (κ2) is 14.9. The van der Waals surface area contributed by atoms with Crippen molar-refractivity contribution in [1.82, 2.24) is 5.32 Å². The molecule has 7 heteroatoms. The predicted octanol–water partition coefficient (Wildman–Crippen LogP) is 4.32. The Morgan fingerprint density at radius 1 is 1.00 bits per heavy atom. The van der Waals surface area contributed by atoms with Crippen LogP contribution in [0, 0.1) is 12.0 Å². The van der Waals surface area contributed by atoms with Gasteiger partial charge < -0.3 is 5.32 Å². The van der Waals surface area contributed by atoms with Gasteiger partial charge in [0.25, 0.3) is 0 Å². The molecule has 0 heterocycles. The molecular weight excluding hydrogens is 378 g/mol. The Morgan fingerprint density at radius 2 is 1.71 bits per heavy atom. The largest absolute Gasteiger partial charge is 0.356 e. The van der Waals surface area contributed by atoms with Gasteiger partial charge in [0.1, 0.15) is 0 Å². The smallest absolute Gasteiger partial charge is 0.333 e. The molecule has 0 radical (unpaired) electrons. The number of rotatable bonds is 14. The number of benzene rings is 1. The van der Waals surface area contributed by atoms with Gasteiger partial charge in [-0.15, -0.1) is 0 Å². The van der Waals surface area contributed by atoms with Gasteiger partial charge in [0.15, 0.2) is 6.11 Å². The number of hydrogen-bond donors (Lipinski definition) is 1. The van der Waals surface area contributed by atoms with Crippen molar-refractivity contribution < 1.29 is 22.4 Å². The molecule has 1 aromatic rings. The zero-order valence-electron chi connectivity index (χ0n) is 16.6. The summed E-state index contributed by atoms with van der Waals surface area (Å²) in [7, 11) is -3.96. The van der Waals surface area contributed by atoms with Crippen molar-refractivity contribution in [2.24, 2.45) is 0 Å². The minimum Gasteiger partial charge on any atom is -0.356 e. The third kappa shape index (κ3) is 11.6. The standard InChI is InChI=1S/C21H31NO5S/c1-2-3-4-5-6-12-17-21(23)22-18-13-7-8-14-19-26-27-28(24,25)20-15-10-9-11-16-20/h9-11,15-16H,2-8,12-13,17-18H2,1H3,(H,22,23). The van der Waals surface area contributed by atoms with E-state index in [4.69, 9.17) is 0 Å². The summed E-state index contributed by atoms with van der Waals surface area (Å²) in [5.74, 6) is 2.78. The van der Waals surface area contributed by atoms with Gasteiger partial charge in [-0.1, -0.05) is 63.1 Å². The molecule has 0 spiro atoms. The quantitative estimate of drug-likeness (QED) is 0.214. The summed E-state index contributed by atoms with van der Waals surface area (Å²) >= 11 is 0. The average molecular weight is 410 g/mol. The van der Waals surface area contributed by atoms with Crippen LogP contribution >= 0.6 is 0 Å². The summed E-state index contributed by atoms with van der Waals surface area (Å²) in [5, 5.41) is 2.90. The van der Waals surface area contributed by atoms with Gasteiger partial charge in [-0.2, -0.15) is 8.42 Å². The molecule has 28 heavy (non-hydrogen) atoms. The molecule has 0 saturated heterocycles. The molecule has 0 aliphatic carbocycles. The average Bonchev–Trinajstić information content (AvgIpc) is 2.70. The van der Waals surface area contributed by atoms with Gasteiger partial charge in [-0.3, -0.25) is 9.68 Å². The van der Waals surface area contributed by atoms with E-state index in [1.165, 1.54) is 37.8 Å². The van der Waals surface area contributed by atoms with Gasteiger partial charge in [0.2, 0.25) is 5.91 Å². The number of carbonyl (C=O) groups excluding carboxylic acids is 1. The lowest BCUT2D eigenvalue weighted by Crippen LogP contribution is -2.23. The first-order valence-electron chi connectivity index (χ1n) is 9.96. The molecule has 0 atom stereocenters. The van der Waals surface area contributed by atoms with Crippen molar-refractivity contribution >= 4 is 16.0 Å². The summed E-state index contributed by atoms with van der Waals surface area (Å²) in [6, 6.07) is 7.71.